The maximum Gasteiger partial charge on any atom is 0.132 e. The van der Waals surface area contributed by atoms with Crippen LogP contribution in [0.1, 0.15) is 40.2 Å². The predicted molar refractivity (Wildman–Crippen MR) is 77.7 cm³/mol. The Kier molecular flexibility index (Phi) is 3.20. The molecule has 0 saturated carbocycles. The van der Waals surface area contributed by atoms with E-state index in [0.717, 1.165) is 27.9 Å². The van der Waals surface area contributed by atoms with Gasteiger partial charge in [-0.05, 0) is 62.5 Å². The van der Waals surface area contributed by atoms with Crippen LogP contribution in [0.4, 0.5) is 0 Å². The van der Waals surface area contributed by atoms with Gasteiger partial charge in [0.15, 0.2) is 0 Å². The summed E-state index contributed by atoms with van der Waals surface area (Å²) >= 11 is 0. The first kappa shape index (κ1) is 14.0. The molecule has 0 fully saturated rings. The van der Waals surface area contributed by atoms with E-state index in [1.165, 1.54) is 0 Å². The minimum atomic E-state index is -1.11. The highest BCUT2D eigenvalue weighted by Crippen LogP contribution is 2.47. The van der Waals surface area contributed by atoms with Crippen LogP contribution in [0.3, 0.4) is 0 Å². The summed E-state index contributed by atoms with van der Waals surface area (Å²) < 4.78 is 0. The highest BCUT2D eigenvalue weighted by molar-refractivity contribution is 5.53. The second-order valence-corrected chi connectivity index (χ2v) is 5.65. The quantitative estimate of drug-likeness (QED) is 0.759. The molecule has 0 amide bonds. The molecule has 1 aromatic rings. The van der Waals surface area contributed by atoms with Gasteiger partial charge in [0, 0.05) is 0 Å². The summed E-state index contributed by atoms with van der Waals surface area (Å²) in [5, 5.41) is 21.8. The van der Waals surface area contributed by atoms with Crippen LogP contribution >= 0.6 is 0 Å². The normalized spacial score (nSPS) is 31.9. The maximum atomic E-state index is 11.2. The molecule has 1 aliphatic rings. The number of rotatable bonds is 1. The minimum absolute atomic E-state index is 0.812. The monoisotopic (exact) mass is 258 g/mol. The Morgan fingerprint density at radius 3 is 1.58 bits per heavy atom. The maximum absolute atomic E-state index is 11.2. The van der Waals surface area contributed by atoms with Gasteiger partial charge in [-0.2, -0.15) is 0 Å². The predicted octanol–water partition coefficient (Wildman–Crippen LogP) is 3.31. The van der Waals surface area contributed by atoms with Crippen molar-refractivity contribution in [3.63, 3.8) is 0 Å². The molecule has 0 radical (unpaired) electrons. The van der Waals surface area contributed by atoms with Crippen LogP contribution in [0.5, 0.6) is 0 Å². The largest absolute Gasteiger partial charge is 0.381 e. The van der Waals surface area contributed by atoms with Crippen LogP contribution < -0.4 is 0 Å². The van der Waals surface area contributed by atoms with Crippen LogP contribution in [0.2, 0.25) is 0 Å². The van der Waals surface area contributed by atoms with Gasteiger partial charge in [0.1, 0.15) is 11.2 Å². The Balaban J connectivity index is 2.74. The summed E-state index contributed by atoms with van der Waals surface area (Å²) in [5.41, 5.74) is 2.02. The van der Waals surface area contributed by atoms with Crippen molar-refractivity contribution >= 4 is 0 Å². The Hall–Kier alpha value is -1.38. The van der Waals surface area contributed by atoms with Crippen molar-refractivity contribution in [3.8, 4) is 0 Å². The molecule has 2 nitrogen and oxygen atoms in total. The second-order valence-electron chi connectivity index (χ2n) is 5.65. The van der Waals surface area contributed by atoms with E-state index in [-0.39, 0.29) is 0 Å². The topological polar surface area (TPSA) is 40.5 Å². The van der Waals surface area contributed by atoms with E-state index in [2.05, 4.69) is 0 Å². The molecule has 0 aromatic heterocycles. The molecule has 0 atom stereocenters. The fraction of sp³-hybridized carbons (Fsp3) is 0.412. The Labute approximate surface area is 115 Å². The first-order chi connectivity index (χ1) is 8.74. The number of hydrogen-bond acceptors (Lipinski definition) is 2. The average molecular weight is 258 g/mol. The van der Waals surface area contributed by atoms with Gasteiger partial charge < -0.3 is 10.2 Å². The third-order valence-electron chi connectivity index (χ3n) is 4.86. The summed E-state index contributed by atoms with van der Waals surface area (Å²) in [4.78, 5) is 0. The first-order valence-corrected chi connectivity index (χ1v) is 6.61. The lowest BCUT2D eigenvalue weighted by molar-refractivity contribution is 0.0767. The van der Waals surface area contributed by atoms with Gasteiger partial charge >= 0.3 is 0 Å². The van der Waals surface area contributed by atoms with Gasteiger partial charge in [0.2, 0.25) is 0 Å². The zero-order chi connectivity index (χ0) is 14.4. The molecular weight excluding hydrogens is 236 g/mol. The van der Waals surface area contributed by atoms with Crippen molar-refractivity contribution in [1.82, 2.24) is 0 Å². The minimum Gasteiger partial charge on any atom is -0.381 e. The molecule has 2 N–H and O–H groups in total. The molecular formula is C17H22O2. The summed E-state index contributed by atoms with van der Waals surface area (Å²) in [5.74, 6) is 0. The van der Waals surface area contributed by atoms with Gasteiger partial charge in [-0.25, -0.2) is 0 Å². The molecule has 0 aliphatic heterocycles. The van der Waals surface area contributed by atoms with Crippen molar-refractivity contribution in [1.29, 1.82) is 0 Å². The molecule has 102 valence electrons. The van der Waals surface area contributed by atoms with Crippen LogP contribution in [0.25, 0.3) is 0 Å². The standard InChI is InChI=1S/C17H22O2/c1-11-13(3)17(19,15-9-7-6-8-10-15)14(4)12(2)16(11,5)18/h6-10,18-19H,1-5H3. The number of benzene rings is 1. The molecule has 0 unspecified atom stereocenters. The molecule has 0 bridgehead atoms. The summed E-state index contributed by atoms with van der Waals surface area (Å²) in [6.45, 7) is 9.35. The summed E-state index contributed by atoms with van der Waals surface area (Å²) in [7, 11) is 0. The molecule has 1 aromatic carbocycles. The Morgan fingerprint density at radius 2 is 1.16 bits per heavy atom. The first-order valence-electron chi connectivity index (χ1n) is 6.61. The average Bonchev–Trinajstić information content (AvgIpc) is 2.42. The molecule has 0 saturated heterocycles. The molecule has 2 rings (SSSR count). The van der Waals surface area contributed by atoms with E-state index in [0.29, 0.717) is 0 Å². The molecule has 0 spiro atoms. The smallest absolute Gasteiger partial charge is 0.132 e. The van der Waals surface area contributed by atoms with Crippen LogP contribution in [0, 0.1) is 0 Å². The van der Waals surface area contributed by atoms with Gasteiger partial charge in [0.25, 0.3) is 0 Å². The van der Waals surface area contributed by atoms with Gasteiger partial charge in [-0.1, -0.05) is 30.3 Å². The highest BCUT2D eigenvalue weighted by atomic mass is 16.3. The molecule has 2 heteroatoms. The van der Waals surface area contributed by atoms with Crippen LogP contribution in [-0.4, -0.2) is 15.8 Å². The van der Waals surface area contributed by atoms with Gasteiger partial charge in [-0.3, -0.25) is 0 Å². The lowest BCUT2D eigenvalue weighted by atomic mass is 9.67. The van der Waals surface area contributed by atoms with Crippen molar-refractivity contribution < 1.29 is 10.2 Å². The van der Waals surface area contributed by atoms with Gasteiger partial charge in [0.05, 0.1) is 0 Å². The molecule has 19 heavy (non-hydrogen) atoms. The fourth-order valence-electron chi connectivity index (χ4n) is 2.95. The van der Waals surface area contributed by atoms with E-state index >= 15 is 0 Å². The van der Waals surface area contributed by atoms with Crippen molar-refractivity contribution in [2.75, 3.05) is 0 Å². The third kappa shape index (κ3) is 1.78. The van der Waals surface area contributed by atoms with Crippen molar-refractivity contribution in [2.24, 2.45) is 0 Å². The number of hydrogen-bond donors (Lipinski definition) is 2. The SMILES string of the molecule is CC1=C(C)C(O)(c2ccccc2)C(C)=C(C)C1(C)O. The number of aliphatic hydroxyl groups is 2. The Bertz CT molecular complexity index is 534. The molecule has 1 aliphatic carbocycles. The van der Waals surface area contributed by atoms with E-state index in [1.54, 1.807) is 6.92 Å². The lowest BCUT2D eigenvalue weighted by Crippen LogP contribution is -2.42. The van der Waals surface area contributed by atoms with Crippen LogP contribution in [0.15, 0.2) is 52.6 Å². The summed E-state index contributed by atoms with van der Waals surface area (Å²) in [6.07, 6.45) is 0. The highest BCUT2D eigenvalue weighted by Gasteiger charge is 2.44. The van der Waals surface area contributed by atoms with E-state index in [9.17, 15) is 10.2 Å². The van der Waals surface area contributed by atoms with Crippen molar-refractivity contribution in [2.45, 2.75) is 45.8 Å². The Morgan fingerprint density at radius 1 is 0.737 bits per heavy atom. The van der Waals surface area contributed by atoms with Crippen molar-refractivity contribution in [3.05, 3.63) is 58.2 Å². The van der Waals surface area contributed by atoms with E-state index in [4.69, 9.17) is 0 Å². The second kappa shape index (κ2) is 4.32. The van der Waals surface area contributed by atoms with E-state index in [1.807, 2.05) is 58.0 Å². The zero-order valence-corrected chi connectivity index (χ0v) is 12.3. The van der Waals surface area contributed by atoms with Crippen LogP contribution in [-0.2, 0) is 5.60 Å². The lowest BCUT2D eigenvalue weighted by Gasteiger charge is -2.43. The molecule has 0 heterocycles. The fourth-order valence-corrected chi connectivity index (χ4v) is 2.95. The summed E-state index contributed by atoms with van der Waals surface area (Å²) in [6, 6.07) is 9.63. The zero-order valence-electron chi connectivity index (χ0n) is 12.3. The van der Waals surface area contributed by atoms with E-state index < -0.39 is 11.2 Å². The van der Waals surface area contributed by atoms with Gasteiger partial charge in [-0.15, -0.1) is 0 Å². The third-order valence-corrected chi connectivity index (χ3v) is 4.86.